The number of carbonyl (C=O) groups excluding carboxylic acids is 3. The van der Waals surface area contributed by atoms with Gasteiger partial charge in [0.1, 0.15) is 5.78 Å². The monoisotopic (exact) mass is 503 g/mol. The van der Waals surface area contributed by atoms with E-state index in [1.54, 1.807) is 0 Å². The van der Waals surface area contributed by atoms with Gasteiger partial charge in [-0.1, -0.05) is 12.5 Å². The summed E-state index contributed by atoms with van der Waals surface area (Å²) in [5.74, 6) is -3.18. The molecule has 34 heavy (non-hydrogen) atoms. The number of ketones is 2. The predicted molar refractivity (Wildman–Crippen MR) is 114 cm³/mol. The lowest BCUT2D eigenvalue weighted by molar-refractivity contribution is -0.305. The molecule has 10 heteroatoms. The Labute approximate surface area is 197 Å². The van der Waals surface area contributed by atoms with E-state index in [9.17, 15) is 41.1 Å². The van der Waals surface area contributed by atoms with Crippen molar-refractivity contribution in [3.05, 3.63) is 11.6 Å². The van der Waals surface area contributed by atoms with Gasteiger partial charge in [0.25, 0.3) is 0 Å². The highest BCUT2D eigenvalue weighted by Gasteiger charge is 2.63. The van der Waals surface area contributed by atoms with E-state index in [0.29, 0.717) is 44.1 Å². The van der Waals surface area contributed by atoms with Crippen molar-refractivity contribution in [2.24, 2.45) is 34.5 Å². The van der Waals surface area contributed by atoms with Gasteiger partial charge < -0.3 is 9.90 Å². The third kappa shape index (κ3) is 4.03. The molecule has 190 valence electrons. The van der Waals surface area contributed by atoms with Crippen LogP contribution in [0.15, 0.2) is 11.6 Å². The third-order valence-corrected chi connectivity index (χ3v) is 11.1. The summed E-state index contributed by atoms with van der Waals surface area (Å²) in [7, 11) is -5.39. The van der Waals surface area contributed by atoms with Crippen LogP contribution in [0.25, 0.3) is 0 Å². The molecule has 0 aromatic carbocycles. The number of allylic oxidation sites excluding steroid dienone is 1. The molecule has 0 unspecified atom stereocenters. The number of fused-ring (bicyclic) bond motifs is 5. The van der Waals surface area contributed by atoms with Gasteiger partial charge >= 0.3 is 5.51 Å². The Balaban J connectivity index is 1.67. The van der Waals surface area contributed by atoms with Crippen molar-refractivity contribution >= 4 is 27.4 Å². The third-order valence-electron chi connectivity index (χ3n) is 9.45. The van der Waals surface area contributed by atoms with Gasteiger partial charge in [0.05, 0.1) is 5.75 Å². The van der Waals surface area contributed by atoms with Gasteiger partial charge in [-0.25, -0.2) is 8.42 Å². The quantitative estimate of drug-likeness (QED) is 0.551. The number of carboxylic acids is 1. The Bertz CT molecular complexity index is 1030. The topological polar surface area (TPSA) is 108 Å². The zero-order chi connectivity index (χ0) is 25.1. The molecule has 0 spiro atoms. The summed E-state index contributed by atoms with van der Waals surface area (Å²) in [6, 6.07) is 0. The molecule has 0 aromatic heterocycles. The van der Waals surface area contributed by atoms with Crippen molar-refractivity contribution in [3.8, 4) is 0 Å². The summed E-state index contributed by atoms with van der Waals surface area (Å²) < 4.78 is 65.0. The minimum Gasteiger partial charge on any atom is -0.550 e. The van der Waals surface area contributed by atoms with Gasteiger partial charge in [-0.2, -0.15) is 13.2 Å². The second-order valence-electron chi connectivity index (χ2n) is 10.9. The van der Waals surface area contributed by atoms with Crippen LogP contribution < -0.4 is 5.11 Å². The molecule has 0 amide bonds. The number of hydrogen-bond donors (Lipinski definition) is 0. The molecule has 4 aliphatic carbocycles. The van der Waals surface area contributed by atoms with Gasteiger partial charge in [-0.3, -0.25) is 9.59 Å². The second kappa shape index (κ2) is 8.45. The first-order valence-electron chi connectivity index (χ1n) is 12.0. The van der Waals surface area contributed by atoms with E-state index in [-0.39, 0.29) is 66.3 Å². The molecule has 0 bridgehead atoms. The Morgan fingerprint density at radius 2 is 1.76 bits per heavy atom. The fraction of sp³-hybridized carbons (Fsp3) is 0.792. The Morgan fingerprint density at radius 1 is 1.06 bits per heavy atom. The average molecular weight is 504 g/mol. The van der Waals surface area contributed by atoms with Crippen LogP contribution in [0.2, 0.25) is 0 Å². The first kappa shape index (κ1) is 25.4. The highest BCUT2D eigenvalue weighted by atomic mass is 32.2. The fourth-order valence-electron chi connectivity index (χ4n) is 7.98. The molecule has 6 atom stereocenters. The molecule has 0 radical (unpaired) electrons. The van der Waals surface area contributed by atoms with Crippen LogP contribution >= 0.6 is 0 Å². The van der Waals surface area contributed by atoms with Crippen molar-refractivity contribution in [1.82, 2.24) is 0 Å². The molecule has 0 N–H and O–H groups in total. The van der Waals surface area contributed by atoms with Crippen LogP contribution in [0.5, 0.6) is 0 Å². The van der Waals surface area contributed by atoms with Gasteiger partial charge in [0.15, 0.2) is 5.78 Å². The Kier molecular flexibility index (Phi) is 6.31. The number of halogens is 3. The summed E-state index contributed by atoms with van der Waals surface area (Å²) in [6.45, 7) is 2.03. The zero-order valence-corrected chi connectivity index (χ0v) is 20.0. The minimum absolute atomic E-state index is 0.0341. The Morgan fingerprint density at radius 3 is 2.41 bits per heavy atom. The van der Waals surface area contributed by atoms with Crippen molar-refractivity contribution in [2.75, 3.05) is 5.75 Å². The molecule has 4 rings (SSSR count). The summed E-state index contributed by atoms with van der Waals surface area (Å²) in [6.07, 6.45) is 4.50. The molecule has 0 aliphatic heterocycles. The molecule has 4 aliphatic rings. The number of alkyl halides is 3. The van der Waals surface area contributed by atoms with Gasteiger partial charge in [-0.05, 0) is 80.6 Å². The molecule has 0 heterocycles. The van der Waals surface area contributed by atoms with Crippen molar-refractivity contribution < 1.29 is 41.1 Å². The lowest BCUT2D eigenvalue weighted by Crippen LogP contribution is -2.55. The number of Topliss-reactive ketones (excluding diaryl/α,β-unsaturated/α-hetero) is 1. The van der Waals surface area contributed by atoms with E-state index < -0.39 is 32.5 Å². The number of carboxylic acid groups (broad SMARTS) is 1. The van der Waals surface area contributed by atoms with E-state index in [1.807, 2.05) is 6.92 Å². The smallest absolute Gasteiger partial charge is 0.497 e. The highest BCUT2D eigenvalue weighted by Crippen LogP contribution is 2.67. The lowest BCUT2D eigenvalue weighted by Gasteiger charge is -2.58. The zero-order valence-electron chi connectivity index (χ0n) is 19.2. The maximum Gasteiger partial charge on any atom is 0.497 e. The second-order valence-corrected chi connectivity index (χ2v) is 12.9. The van der Waals surface area contributed by atoms with Crippen LogP contribution in [0, 0.1) is 34.5 Å². The maximum absolute atomic E-state index is 13.4. The molecular formula is C24H30F3O6S-. The lowest BCUT2D eigenvalue weighted by atomic mass is 9.46. The fourth-order valence-corrected chi connectivity index (χ4v) is 9.37. The average Bonchev–Trinajstić information content (AvgIpc) is 3.08. The highest BCUT2D eigenvalue weighted by molar-refractivity contribution is 7.92. The normalized spacial score (nSPS) is 37.9. The molecular weight excluding hydrogens is 473 g/mol. The summed E-state index contributed by atoms with van der Waals surface area (Å²) in [4.78, 5) is 35.8. The number of aliphatic carboxylic acids is 1. The van der Waals surface area contributed by atoms with Crippen LogP contribution in [-0.2, 0) is 24.2 Å². The van der Waals surface area contributed by atoms with Crippen LogP contribution in [0.1, 0.15) is 71.1 Å². The minimum atomic E-state index is -5.39. The molecule has 0 aromatic rings. The van der Waals surface area contributed by atoms with Crippen LogP contribution in [0.3, 0.4) is 0 Å². The maximum atomic E-state index is 13.4. The van der Waals surface area contributed by atoms with E-state index in [0.717, 1.165) is 0 Å². The van der Waals surface area contributed by atoms with E-state index in [4.69, 9.17) is 0 Å². The van der Waals surface area contributed by atoms with E-state index in [1.165, 1.54) is 6.08 Å². The summed E-state index contributed by atoms with van der Waals surface area (Å²) in [5, 5.41) is 10.8. The first-order chi connectivity index (χ1) is 15.7. The van der Waals surface area contributed by atoms with Crippen molar-refractivity contribution in [2.45, 2.75) is 76.6 Å². The van der Waals surface area contributed by atoms with Crippen LogP contribution in [-0.4, -0.2) is 37.2 Å². The van der Waals surface area contributed by atoms with Crippen molar-refractivity contribution in [3.63, 3.8) is 0 Å². The van der Waals surface area contributed by atoms with Gasteiger partial charge in [0.2, 0.25) is 9.84 Å². The molecule has 0 saturated heterocycles. The number of rotatable bonds is 6. The molecule has 6 nitrogen and oxygen atoms in total. The molecule has 3 fully saturated rings. The van der Waals surface area contributed by atoms with Gasteiger partial charge in [-0.15, -0.1) is 0 Å². The number of carbonyl (C=O) groups is 3. The standard InChI is InChI=1S/C24H31F3O6S/c1-22-10-9-18-16(17(22)4-5-19(22)20(29)6-7-21(30)31)3-2-14-12-15(28)8-11-23(14,18)13-34(32,33)24(25,26)27/h12,16-19H,2-11,13H2,1H3,(H,30,31)/p-1/t16-,17-,18-,19+,22-,23+/m0/s1. The van der Waals surface area contributed by atoms with Crippen LogP contribution in [0.4, 0.5) is 13.2 Å². The number of hydrogen-bond acceptors (Lipinski definition) is 6. The Hall–Kier alpha value is -1.71. The largest absolute Gasteiger partial charge is 0.550 e. The predicted octanol–water partition coefficient (Wildman–Crippen LogP) is 3.15. The summed E-state index contributed by atoms with van der Waals surface area (Å²) in [5.41, 5.74) is -6.40. The SMILES string of the molecule is C[C@]12CC[C@H]3[C@@H](CCC4=CC(=O)CC[C@@]43CS(=O)(=O)C(F)(F)F)[C@@H]1CC[C@@H]2C(=O)CCC(=O)[O-]. The van der Waals surface area contributed by atoms with Crippen molar-refractivity contribution in [1.29, 1.82) is 0 Å². The molecule has 3 saturated carbocycles. The first-order valence-corrected chi connectivity index (χ1v) is 13.6. The van der Waals surface area contributed by atoms with E-state index >= 15 is 0 Å². The number of sulfone groups is 1. The van der Waals surface area contributed by atoms with Gasteiger partial charge in [0, 0.05) is 30.1 Å². The summed E-state index contributed by atoms with van der Waals surface area (Å²) >= 11 is 0. The van der Waals surface area contributed by atoms with E-state index in [2.05, 4.69) is 0 Å².